The molecule has 37 heavy (non-hydrogen) atoms. The van der Waals surface area contributed by atoms with Gasteiger partial charge in [-0.25, -0.2) is 0 Å². The predicted molar refractivity (Wildman–Crippen MR) is 144 cm³/mol. The number of aromatic amines is 1. The molecule has 3 aromatic rings. The van der Waals surface area contributed by atoms with Crippen LogP contribution in [0.3, 0.4) is 0 Å². The number of hydrogen-bond acceptors (Lipinski definition) is 7. The van der Waals surface area contributed by atoms with Gasteiger partial charge in [0.2, 0.25) is 5.88 Å². The molecular formula is C29H35NO6S. The predicted octanol–water partition coefficient (Wildman–Crippen LogP) is 5.77. The molecule has 2 heterocycles. The van der Waals surface area contributed by atoms with E-state index in [4.69, 9.17) is 14.2 Å². The number of hydrogen-bond donors (Lipinski definition) is 2. The number of esters is 1. The van der Waals surface area contributed by atoms with Crippen LogP contribution in [0.25, 0.3) is 0 Å². The first-order valence-electron chi connectivity index (χ1n) is 12.7. The number of H-pyrrole nitrogens is 1. The van der Waals surface area contributed by atoms with Crippen molar-refractivity contribution in [2.24, 2.45) is 5.92 Å². The first kappa shape index (κ1) is 26.8. The van der Waals surface area contributed by atoms with E-state index >= 15 is 0 Å². The molecule has 0 fully saturated rings. The van der Waals surface area contributed by atoms with Crippen LogP contribution in [0.15, 0.2) is 29.1 Å². The Hall–Kier alpha value is -3.26. The Kier molecular flexibility index (Phi) is 7.69. The van der Waals surface area contributed by atoms with Crippen molar-refractivity contribution in [2.45, 2.75) is 72.8 Å². The third-order valence-corrected chi connectivity index (χ3v) is 8.14. The van der Waals surface area contributed by atoms with Crippen LogP contribution in [-0.2, 0) is 17.6 Å². The second kappa shape index (κ2) is 10.6. The Morgan fingerprint density at radius 2 is 1.86 bits per heavy atom. The molecule has 0 spiro atoms. The van der Waals surface area contributed by atoms with E-state index in [2.05, 4.69) is 11.9 Å². The van der Waals surface area contributed by atoms with Gasteiger partial charge in [0.15, 0.2) is 0 Å². The number of aromatic nitrogens is 1. The van der Waals surface area contributed by atoms with Crippen LogP contribution < -0.4 is 19.1 Å². The first-order chi connectivity index (χ1) is 17.5. The van der Waals surface area contributed by atoms with E-state index in [0.29, 0.717) is 23.7 Å². The Bertz CT molecular complexity index is 1350. The van der Waals surface area contributed by atoms with Crippen LogP contribution in [0, 0.1) is 26.7 Å². The largest absolute Gasteiger partial charge is 0.494 e. The summed E-state index contributed by atoms with van der Waals surface area (Å²) in [5.41, 5.74) is 4.48. The van der Waals surface area contributed by atoms with Crippen molar-refractivity contribution >= 4 is 17.3 Å². The summed E-state index contributed by atoms with van der Waals surface area (Å²) >= 11 is 1.01. The zero-order valence-corrected chi connectivity index (χ0v) is 23.1. The third kappa shape index (κ3) is 5.54. The van der Waals surface area contributed by atoms with Crippen LogP contribution >= 0.6 is 11.3 Å². The van der Waals surface area contributed by atoms with E-state index in [0.717, 1.165) is 69.9 Å². The molecule has 1 unspecified atom stereocenters. The monoisotopic (exact) mass is 525 g/mol. The van der Waals surface area contributed by atoms with Crippen molar-refractivity contribution < 1.29 is 24.1 Å². The maximum Gasteiger partial charge on any atom is 0.313 e. The highest BCUT2D eigenvalue weighted by Gasteiger charge is 2.38. The lowest BCUT2D eigenvalue weighted by Gasteiger charge is -2.39. The molecule has 2 aromatic carbocycles. The topological polar surface area (TPSA) is 97.9 Å². The highest BCUT2D eigenvalue weighted by molar-refractivity contribution is 7.09. The minimum absolute atomic E-state index is 0.0686. The van der Waals surface area contributed by atoms with E-state index in [1.54, 1.807) is 0 Å². The van der Waals surface area contributed by atoms with Crippen LogP contribution in [0.1, 0.15) is 66.3 Å². The number of rotatable bonds is 8. The van der Waals surface area contributed by atoms with E-state index in [1.165, 1.54) is 0 Å². The number of carbonyl (C=O) groups is 1. The number of thiazole rings is 1. The minimum Gasteiger partial charge on any atom is -0.494 e. The average molecular weight is 526 g/mol. The SMILES string of the molecule is CCC1(COc2ccc(Cc3sc(=O)[nH]c3O)cc2)CCc2c(C)c(OC(=O)C(C)C)c(C)c(C)c2O1. The van der Waals surface area contributed by atoms with Gasteiger partial charge in [-0.3, -0.25) is 14.6 Å². The van der Waals surface area contributed by atoms with Crippen molar-refractivity contribution in [1.82, 2.24) is 4.98 Å². The van der Waals surface area contributed by atoms with E-state index in [1.807, 2.05) is 58.9 Å². The van der Waals surface area contributed by atoms with Gasteiger partial charge in [-0.2, -0.15) is 0 Å². The van der Waals surface area contributed by atoms with Gasteiger partial charge < -0.3 is 19.3 Å². The van der Waals surface area contributed by atoms with Gasteiger partial charge in [0.25, 0.3) is 0 Å². The molecule has 0 radical (unpaired) electrons. The Balaban J connectivity index is 1.49. The van der Waals surface area contributed by atoms with E-state index in [9.17, 15) is 14.7 Å². The second-order valence-electron chi connectivity index (χ2n) is 10.1. The van der Waals surface area contributed by atoms with Crippen molar-refractivity contribution in [3.8, 4) is 23.1 Å². The van der Waals surface area contributed by atoms with Crippen molar-refractivity contribution in [1.29, 1.82) is 0 Å². The van der Waals surface area contributed by atoms with Crippen LogP contribution in [0.4, 0.5) is 0 Å². The van der Waals surface area contributed by atoms with Gasteiger partial charge in [0, 0.05) is 12.0 Å². The third-order valence-electron chi connectivity index (χ3n) is 7.27. The van der Waals surface area contributed by atoms with E-state index < -0.39 is 5.60 Å². The second-order valence-corrected chi connectivity index (χ2v) is 11.2. The quantitative estimate of drug-likeness (QED) is 0.286. The fourth-order valence-corrected chi connectivity index (χ4v) is 5.37. The molecule has 7 nitrogen and oxygen atoms in total. The van der Waals surface area contributed by atoms with Gasteiger partial charge >= 0.3 is 10.8 Å². The summed E-state index contributed by atoms with van der Waals surface area (Å²) in [5.74, 6) is 1.76. The molecular weight excluding hydrogens is 490 g/mol. The Morgan fingerprint density at radius 3 is 2.46 bits per heavy atom. The lowest BCUT2D eigenvalue weighted by molar-refractivity contribution is -0.137. The summed E-state index contributed by atoms with van der Waals surface area (Å²) in [4.78, 5) is 26.5. The maximum absolute atomic E-state index is 12.3. The number of aromatic hydroxyl groups is 1. The summed E-state index contributed by atoms with van der Waals surface area (Å²) < 4.78 is 18.7. The number of carbonyl (C=O) groups excluding carboxylic acids is 1. The number of fused-ring (bicyclic) bond motifs is 1. The number of nitrogens with one attached hydrogen (secondary N) is 1. The zero-order valence-electron chi connectivity index (χ0n) is 22.3. The van der Waals surface area contributed by atoms with Gasteiger partial charge in [-0.15, -0.1) is 0 Å². The van der Waals surface area contributed by atoms with Crippen molar-refractivity contribution in [3.63, 3.8) is 0 Å². The van der Waals surface area contributed by atoms with Crippen LogP contribution in [0.2, 0.25) is 0 Å². The normalized spacial score (nSPS) is 16.8. The summed E-state index contributed by atoms with van der Waals surface area (Å²) in [7, 11) is 0. The molecule has 0 amide bonds. The lowest BCUT2D eigenvalue weighted by Crippen LogP contribution is -2.45. The molecule has 1 aromatic heterocycles. The molecule has 198 valence electrons. The molecule has 0 saturated heterocycles. The summed E-state index contributed by atoms with van der Waals surface area (Å²) in [6.45, 7) is 12.2. The molecule has 1 aliphatic heterocycles. The average Bonchev–Trinajstić information content (AvgIpc) is 3.20. The molecule has 1 atom stereocenters. The smallest absolute Gasteiger partial charge is 0.313 e. The Morgan fingerprint density at radius 1 is 1.16 bits per heavy atom. The van der Waals surface area contributed by atoms with Gasteiger partial charge in [-0.05, 0) is 74.4 Å². The van der Waals surface area contributed by atoms with Crippen LogP contribution in [-0.4, -0.2) is 28.3 Å². The Labute approximate surface area is 221 Å². The summed E-state index contributed by atoms with van der Waals surface area (Å²) in [6.07, 6.45) is 2.87. The first-order valence-corrected chi connectivity index (χ1v) is 13.5. The molecule has 0 aliphatic carbocycles. The number of ether oxygens (including phenoxy) is 3. The lowest BCUT2D eigenvalue weighted by atomic mass is 9.85. The molecule has 8 heteroatoms. The van der Waals surface area contributed by atoms with Crippen LogP contribution in [0.5, 0.6) is 23.1 Å². The summed E-state index contributed by atoms with van der Waals surface area (Å²) in [6, 6.07) is 7.67. The van der Waals surface area contributed by atoms with Crippen molar-refractivity contribution in [2.75, 3.05) is 6.61 Å². The standard InChI is InChI=1S/C29H35NO6S/c1-7-29(15-34-21-10-8-20(9-11-21)14-23-26(31)30-28(33)37-23)13-12-22-19(6)24(35-27(32)16(2)3)17(4)18(5)25(22)36-29/h8-11,16,31H,7,12-15H2,1-6H3,(H,30,33). The van der Waals surface area contributed by atoms with Gasteiger partial charge in [0.1, 0.15) is 29.5 Å². The maximum atomic E-state index is 12.3. The highest BCUT2D eigenvalue weighted by atomic mass is 32.1. The zero-order chi connectivity index (χ0) is 26.9. The van der Waals surface area contributed by atoms with E-state index in [-0.39, 0.29) is 22.6 Å². The summed E-state index contributed by atoms with van der Waals surface area (Å²) in [5, 5.41) is 9.82. The molecule has 2 N–H and O–H groups in total. The number of benzene rings is 2. The van der Waals surface area contributed by atoms with Crippen molar-refractivity contribution in [3.05, 3.63) is 66.6 Å². The molecule has 1 aliphatic rings. The fourth-order valence-electron chi connectivity index (χ4n) is 4.61. The fraction of sp³-hybridized carbons (Fsp3) is 0.448. The highest BCUT2D eigenvalue weighted by Crippen LogP contribution is 2.45. The van der Waals surface area contributed by atoms with Gasteiger partial charge in [-0.1, -0.05) is 44.2 Å². The molecule has 0 bridgehead atoms. The molecule has 4 rings (SSSR count). The molecule has 0 saturated carbocycles. The van der Waals surface area contributed by atoms with Gasteiger partial charge in [0.05, 0.1) is 10.8 Å². The minimum atomic E-state index is -0.464.